The molecule has 1 saturated heterocycles. The van der Waals surface area contributed by atoms with Gasteiger partial charge in [0.2, 0.25) is 0 Å². The van der Waals surface area contributed by atoms with E-state index in [1.165, 1.54) is 12.1 Å². The van der Waals surface area contributed by atoms with Crippen molar-refractivity contribution in [3.8, 4) is 17.2 Å². The molecule has 1 fully saturated rings. The molecule has 2 N–H and O–H groups in total. The van der Waals surface area contributed by atoms with Crippen LogP contribution in [0.2, 0.25) is 0 Å². The third-order valence-electron chi connectivity index (χ3n) is 4.54. The van der Waals surface area contributed by atoms with Gasteiger partial charge in [0.15, 0.2) is 0 Å². The topological polar surface area (TPSA) is 91.6 Å². The fraction of sp³-hybridized carbons (Fsp3) is 0.300. The predicted octanol–water partition coefficient (Wildman–Crippen LogP) is 3.46. The SMILES string of the molecule is COc1cc(N2CCCC2)c(OC)cc1C=Nc1ccc(O)c(C(=O)O)c1. The van der Waals surface area contributed by atoms with Gasteiger partial charge in [-0.15, -0.1) is 0 Å². The number of anilines is 1. The number of phenols is 1. The molecule has 2 aromatic rings. The molecule has 7 nitrogen and oxygen atoms in total. The van der Waals surface area contributed by atoms with Gasteiger partial charge >= 0.3 is 5.97 Å². The molecule has 2 aromatic carbocycles. The lowest BCUT2D eigenvalue weighted by Crippen LogP contribution is -2.18. The normalized spacial score (nSPS) is 13.9. The number of aromatic carboxylic acids is 1. The second-order valence-electron chi connectivity index (χ2n) is 6.22. The molecule has 1 aliphatic rings. The fourth-order valence-electron chi connectivity index (χ4n) is 3.13. The second-order valence-corrected chi connectivity index (χ2v) is 6.22. The molecule has 0 amide bonds. The maximum atomic E-state index is 11.1. The number of aliphatic imine (C=N–C) groups is 1. The molecule has 0 spiro atoms. The molecular formula is C20H22N2O5. The van der Waals surface area contributed by atoms with E-state index in [2.05, 4.69) is 9.89 Å². The summed E-state index contributed by atoms with van der Waals surface area (Å²) in [5, 5.41) is 18.7. The summed E-state index contributed by atoms with van der Waals surface area (Å²) >= 11 is 0. The molecule has 27 heavy (non-hydrogen) atoms. The van der Waals surface area contributed by atoms with Crippen molar-refractivity contribution in [3.05, 3.63) is 41.5 Å². The van der Waals surface area contributed by atoms with Crippen LogP contribution >= 0.6 is 0 Å². The van der Waals surface area contributed by atoms with Crippen LogP contribution in [0.3, 0.4) is 0 Å². The van der Waals surface area contributed by atoms with Gasteiger partial charge in [-0.1, -0.05) is 0 Å². The van der Waals surface area contributed by atoms with Gasteiger partial charge in [0.1, 0.15) is 22.8 Å². The smallest absolute Gasteiger partial charge is 0.339 e. The first kappa shape index (κ1) is 18.6. The van der Waals surface area contributed by atoms with Crippen molar-refractivity contribution in [2.24, 2.45) is 4.99 Å². The number of benzene rings is 2. The Balaban J connectivity index is 1.95. The Morgan fingerprint density at radius 1 is 1.11 bits per heavy atom. The van der Waals surface area contributed by atoms with Crippen LogP contribution in [0, 0.1) is 0 Å². The van der Waals surface area contributed by atoms with Crippen LogP contribution in [0.15, 0.2) is 35.3 Å². The molecule has 0 aromatic heterocycles. The summed E-state index contributed by atoms with van der Waals surface area (Å²) in [6.45, 7) is 1.97. The molecule has 0 saturated carbocycles. The Hall–Kier alpha value is -3.22. The lowest BCUT2D eigenvalue weighted by atomic mass is 10.1. The molecule has 3 rings (SSSR count). The minimum absolute atomic E-state index is 0.196. The van der Waals surface area contributed by atoms with Gasteiger partial charge in [-0.2, -0.15) is 0 Å². The van der Waals surface area contributed by atoms with Gasteiger partial charge < -0.3 is 24.6 Å². The number of methoxy groups -OCH3 is 2. The van der Waals surface area contributed by atoms with Crippen LogP contribution in [0.4, 0.5) is 11.4 Å². The van der Waals surface area contributed by atoms with Crippen LogP contribution in [0.1, 0.15) is 28.8 Å². The summed E-state index contributed by atoms with van der Waals surface area (Å²) in [7, 11) is 3.22. The highest BCUT2D eigenvalue weighted by Gasteiger charge is 2.19. The average molecular weight is 370 g/mol. The highest BCUT2D eigenvalue weighted by molar-refractivity contribution is 5.93. The average Bonchev–Trinajstić information content (AvgIpc) is 3.21. The Morgan fingerprint density at radius 3 is 2.44 bits per heavy atom. The Bertz CT molecular complexity index is 873. The maximum Gasteiger partial charge on any atom is 0.339 e. The molecule has 1 aliphatic heterocycles. The quantitative estimate of drug-likeness (QED) is 0.757. The zero-order valence-electron chi connectivity index (χ0n) is 15.3. The monoisotopic (exact) mass is 370 g/mol. The number of hydrogen-bond donors (Lipinski definition) is 2. The van der Waals surface area contributed by atoms with Crippen molar-refractivity contribution in [1.29, 1.82) is 0 Å². The lowest BCUT2D eigenvalue weighted by molar-refractivity contribution is 0.0694. The number of carbonyl (C=O) groups is 1. The van der Waals surface area contributed by atoms with Crippen molar-refractivity contribution in [2.45, 2.75) is 12.8 Å². The number of nitrogens with zero attached hydrogens (tertiary/aromatic N) is 2. The van der Waals surface area contributed by atoms with E-state index >= 15 is 0 Å². The van der Waals surface area contributed by atoms with Gasteiger partial charge in [-0.05, 0) is 37.1 Å². The van der Waals surface area contributed by atoms with Crippen molar-refractivity contribution in [1.82, 2.24) is 0 Å². The van der Waals surface area contributed by atoms with E-state index in [1.54, 1.807) is 26.5 Å². The molecule has 0 atom stereocenters. The Morgan fingerprint density at radius 2 is 1.81 bits per heavy atom. The molecule has 1 heterocycles. The minimum atomic E-state index is -1.21. The molecule has 0 unspecified atom stereocenters. The first-order valence-electron chi connectivity index (χ1n) is 8.65. The summed E-state index contributed by atoms with van der Waals surface area (Å²) in [4.78, 5) is 17.7. The highest BCUT2D eigenvalue weighted by Crippen LogP contribution is 2.36. The summed E-state index contributed by atoms with van der Waals surface area (Å²) in [5.74, 6) is -0.121. The van der Waals surface area contributed by atoms with Gasteiger partial charge in [0, 0.05) is 30.9 Å². The number of carboxylic acid groups (broad SMARTS) is 1. The first-order chi connectivity index (χ1) is 13.0. The van der Waals surface area contributed by atoms with E-state index in [-0.39, 0.29) is 11.3 Å². The van der Waals surface area contributed by atoms with Gasteiger partial charge in [0.25, 0.3) is 0 Å². The van der Waals surface area contributed by atoms with Crippen LogP contribution in [-0.2, 0) is 0 Å². The fourth-order valence-corrected chi connectivity index (χ4v) is 3.13. The molecule has 7 heteroatoms. The number of rotatable bonds is 6. The minimum Gasteiger partial charge on any atom is -0.507 e. The number of carboxylic acids is 1. The summed E-state index contributed by atoms with van der Waals surface area (Å²) in [5.41, 5.74) is 1.91. The zero-order chi connectivity index (χ0) is 19.4. The standard InChI is InChI=1S/C20H22N2O5/c1-26-18-11-16(22-7-3-4-8-22)19(27-2)9-13(18)12-21-14-5-6-17(23)15(10-14)20(24)25/h5-6,9-12,23H,3-4,7-8H2,1-2H3,(H,24,25). The first-order valence-corrected chi connectivity index (χ1v) is 8.65. The second kappa shape index (κ2) is 7.99. The number of aromatic hydroxyl groups is 1. The molecule has 0 radical (unpaired) electrons. The van der Waals surface area contributed by atoms with Crippen molar-refractivity contribution < 1.29 is 24.5 Å². The van der Waals surface area contributed by atoms with Crippen molar-refractivity contribution >= 4 is 23.6 Å². The largest absolute Gasteiger partial charge is 0.507 e. The van der Waals surface area contributed by atoms with E-state index in [9.17, 15) is 9.90 Å². The van der Waals surface area contributed by atoms with E-state index in [0.717, 1.165) is 37.4 Å². The maximum absolute atomic E-state index is 11.1. The summed E-state index contributed by atoms with van der Waals surface area (Å²) in [6.07, 6.45) is 3.90. The summed E-state index contributed by atoms with van der Waals surface area (Å²) < 4.78 is 11.1. The van der Waals surface area contributed by atoms with E-state index in [4.69, 9.17) is 14.6 Å². The Kier molecular flexibility index (Phi) is 5.49. The van der Waals surface area contributed by atoms with E-state index in [1.807, 2.05) is 12.1 Å². The predicted molar refractivity (Wildman–Crippen MR) is 103 cm³/mol. The molecule has 0 aliphatic carbocycles. The lowest BCUT2D eigenvalue weighted by Gasteiger charge is -2.22. The van der Waals surface area contributed by atoms with E-state index in [0.29, 0.717) is 17.0 Å². The van der Waals surface area contributed by atoms with E-state index < -0.39 is 5.97 Å². The molecule has 0 bridgehead atoms. The number of ether oxygens (including phenoxy) is 2. The Labute approximate surface area is 157 Å². The van der Waals surface area contributed by atoms with Gasteiger partial charge in [-0.3, -0.25) is 4.99 Å². The highest BCUT2D eigenvalue weighted by atomic mass is 16.5. The van der Waals surface area contributed by atoms with Crippen molar-refractivity contribution in [3.63, 3.8) is 0 Å². The van der Waals surface area contributed by atoms with Crippen LogP contribution in [0.5, 0.6) is 17.2 Å². The summed E-state index contributed by atoms with van der Waals surface area (Å²) in [6, 6.07) is 7.96. The molecule has 142 valence electrons. The van der Waals surface area contributed by atoms with Crippen LogP contribution < -0.4 is 14.4 Å². The third kappa shape index (κ3) is 3.97. The third-order valence-corrected chi connectivity index (χ3v) is 4.54. The molecular weight excluding hydrogens is 348 g/mol. The van der Waals surface area contributed by atoms with Crippen LogP contribution in [-0.4, -0.2) is 49.7 Å². The van der Waals surface area contributed by atoms with Gasteiger partial charge in [0.05, 0.1) is 25.6 Å². The van der Waals surface area contributed by atoms with Gasteiger partial charge in [-0.25, -0.2) is 4.79 Å². The van der Waals surface area contributed by atoms with Crippen molar-refractivity contribution in [2.75, 3.05) is 32.2 Å². The zero-order valence-corrected chi connectivity index (χ0v) is 15.3. The number of hydrogen-bond acceptors (Lipinski definition) is 6. The van der Waals surface area contributed by atoms with Crippen LogP contribution in [0.25, 0.3) is 0 Å².